The SMILES string of the molecule is COCCOC(=O)C1=C(C)NC2=C(C(=O)C[C@@H](c3ccc(OC)c(OC)c3)C2)[C@@H]1c1ccc([N+](=O)[O-])cc1. The van der Waals surface area contributed by atoms with Crippen molar-refractivity contribution in [3.05, 3.63) is 86.2 Å². The van der Waals surface area contributed by atoms with Crippen LogP contribution >= 0.6 is 0 Å². The van der Waals surface area contributed by atoms with Gasteiger partial charge in [-0.3, -0.25) is 14.9 Å². The Morgan fingerprint density at radius 2 is 1.68 bits per heavy atom. The van der Waals surface area contributed by atoms with Gasteiger partial charge < -0.3 is 24.3 Å². The number of nitrogens with zero attached hydrogens (tertiary/aromatic N) is 1. The summed E-state index contributed by atoms with van der Waals surface area (Å²) < 4.78 is 21.2. The van der Waals surface area contributed by atoms with E-state index >= 15 is 0 Å². The van der Waals surface area contributed by atoms with E-state index in [0.717, 1.165) is 11.3 Å². The highest BCUT2D eigenvalue weighted by Crippen LogP contribution is 2.46. The molecule has 0 bridgehead atoms. The van der Waals surface area contributed by atoms with Crippen LogP contribution in [0.4, 0.5) is 5.69 Å². The molecule has 0 spiro atoms. The monoisotopic (exact) mass is 522 g/mol. The van der Waals surface area contributed by atoms with E-state index in [0.29, 0.717) is 40.3 Å². The molecule has 1 N–H and O–H groups in total. The Bertz CT molecular complexity index is 1310. The van der Waals surface area contributed by atoms with Crippen LogP contribution in [0.15, 0.2) is 65.0 Å². The van der Waals surface area contributed by atoms with Crippen molar-refractivity contribution >= 4 is 17.4 Å². The number of non-ortho nitro benzene ring substituents is 1. The van der Waals surface area contributed by atoms with Crippen molar-refractivity contribution in [1.82, 2.24) is 5.32 Å². The summed E-state index contributed by atoms with van der Waals surface area (Å²) in [6.07, 6.45) is 0.758. The fraction of sp³-hybridized carbons (Fsp3) is 0.357. The van der Waals surface area contributed by atoms with Crippen molar-refractivity contribution < 1.29 is 33.5 Å². The summed E-state index contributed by atoms with van der Waals surface area (Å²) >= 11 is 0. The van der Waals surface area contributed by atoms with Gasteiger partial charge in [0.25, 0.3) is 5.69 Å². The molecule has 0 amide bonds. The molecule has 2 aromatic rings. The maximum absolute atomic E-state index is 13.7. The van der Waals surface area contributed by atoms with Crippen LogP contribution in [0.5, 0.6) is 11.5 Å². The molecule has 1 aliphatic carbocycles. The zero-order chi connectivity index (χ0) is 27.4. The second kappa shape index (κ2) is 11.5. The zero-order valence-electron chi connectivity index (χ0n) is 21.7. The van der Waals surface area contributed by atoms with Crippen LogP contribution in [-0.4, -0.2) is 51.2 Å². The molecule has 0 saturated heterocycles. The fourth-order valence-corrected chi connectivity index (χ4v) is 5.07. The lowest BCUT2D eigenvalue weighted by Crippen LogP contribution is -2.36. The van der Waals surface area contributed by atoms with Crippen LogP contribution in [0, 0.1) is 10.1 Å². The summed E-state index contributed by atoms with van der Waals surface area (Å²) in [5.74, 6) is -0.346. The lowest BCUT2D eigenvalue weighted by molar-refractivity contribution is -0.384. The molecule has 0 unspecified atom stereocenters. The van der Waals surface area contributed by atoms with Gasteiger partial charge in [-0.05, 0) is 42.5 Å². The average molecular weight is 523 g/mol. The second-order valence-corrected chi connectivity index (χ2v) is 9.11. The van der Waals surface area contributed by atoms with Crippen molar-refractivity contribution in [3.63, 3.8) is 0 Å². The van der Waals surface area contributed by atoms with Crippen molar-refractivity contribution in [2.45, 2.75) is 31.6 Å². The predicted molar refractivity (Wildman–Crippen MR) is 138 cm³/mol. The Balaban J connectivity index is 1.75. The van der Waals surface area contributed by atoms with Crippen LogP contribution in [0.1, 0.15) is 42.7 Å². The first-order valence-electron chi connectivity index (χ1n) is 12.1. The minimum Gasteiger partial charge on any atom is -0.493 e. The number of Topliss-reactive ketones (excluding diaryl/α,β-unsaturated/α-hetero) is 1. The predicted octanol–water partition coefficient (Wildman–Crippen LogP) is 4.16. The Kier molecular flexibility index (Phi) is 8.11. The van der Waals surface area contributed by atoms with E-state index in [2.05, 4.69) is 5.32 Å². The summed E-state index contributed by atoms with van der Waals surface area (Å²) in [5, 5.41) is 14.5. The van der Waals surface area contributed by atoms with E-state index in [1.54, 1.807) is 33.3 Å². The molecule has 4 rings (SSSR count). The number of allylic oxidation sites excluding steroid dienone is 3. The van der Waals surface area contributed by atoms with Gasteiger partial charge in [-0.25, -0.2) is 4.79 Å². The average Bonchev–Trinajstić information content (AvgIpc) is 2.91. The highest BCUT2D eigenvalue weighted by atomic mass is 16.6. The fourth-order valence-electron chi connectivity index (χ4n) is 5.07. The third-order valence-electron chi connectivity index (χ3n) is 6.88. The number of dihydropyridines is 1. The molecule has 0 aromatic heterocycles. The Morgan fingerprint density at radius 1 is 1.00 bits per heavy atom. The first-order chi connectivity index (χ1) is 18.3. The van der Waals surface area contributed by atoms with Crippen LogP contribution in [0.3, 0.4) is 0 Å². The van der Waals surface area contributed by atoms with E-state index in [4.69, 9.17) is 18.9 Å². The molecule has 38 heavy (non-hydrogen) atoms. The number of hydrogen-bond acceptors (Lipinski definition) is 9. The second-order valence-electron chi connectivity index (χ2n) is 9.11. The van der Waals surface area contributed by atoms with Gasteiger partial charge in [0, 0.05) is 48.5 Å². The maximum atomic E-state index is 13.7. The molecular formula is C28H30N2O8. The number of ether oxygens (including phenoxy) is 4. The molecule has 200 valence electrons. The van der Waals surface area contributed by atoms with E-state index < -0.39 is 16.8 Å². The number of nitro benzene ring substituents is 1. The minimum atomic E-state index is -0.721. The van der Waals surface area contributed by atoms with E-state index in [-0.39, 0.29) is 37.0 Å². The molecule has 2 aliphatic rings. The largest absolute Gasteiger partial charge is 0.493 e. The molecule has 1 aliphatic heterocycles. The number of nitro groups is 1. The number of benzene rings is 2. The van der Waals surface area contributed by atoms with Gasteiger partial charge in [0.1, 0.15) is 6.61 Å². The number of ketones is 1. The van der Waals surface area contributed by atoms with Crippen LogP contribution in [-0.2, 0) is 19.1 Å². The first kappa shape index (κ1) is 26.9. The van der Waals surface area contributed by atoms with Crippen LogP contribution in [0.25, 0.3) is 0 Å². The number of rotatable bonds is 9. The maximum Gasteiger partial charge on any atom is 0.336 e. The topological polar surface area (TPSA) is 126 Å². The third kappa shape index (κ3) is 5.26. The Labute approximate surface area is 220 Å². The van der Waals surface area contributed by atoms with Gasteiger partial charge in [0.05, 0.1) is 31.3 Å². The molecule has 0 saturated carbocycles. The summed E-state index contributed by atoms with van der Waals surface area (Å²) in [7, 11) is 4.63. The third-order valence-corrected chi connectivity index (χ3v) is 6.88. The number of carbonyl (C=O) groups excluding carboxylic acids is 2. The Morgan fingerprint density at radius 3 is 2.32 bits per heavy atom. The first-order valence-corrected chi connectivity index (χ1v) is 12.1. The van der Waals surface area contributed by atoms with Crippen molar-refractivity contribution in [1.29, 1.82) is 0 Å². The Hall–Kier alpha value is -4.18. The lowest BCUT2D eigenvalue weighted by Gasteiger charge is -2.36. The van der Waals surface area contributed by atoms with Crippen molar-refractivity contribution in [2.75, 3.05) is 34.5 Å². The molecular weight excluding hydrogens is 492 g/mol. The van der Waals surface area contributed by atoms with Crippen LogP contribution in [0.2, 0.25) is 0 Å². The summed E-state index contributed by atoms with van der Waals surface area (Å²) in [6.45, 7) is 2.05. The van der Waals surface area contributed by atoms with Crippen molar-refractivity contribution in [2.24, 2.45) is 0 Å². The smallest absolute Gasteiger partial charge is 0.336 e. The van der Waals surface area contributed by atoms with Crippen molar-refractivity contribution in [3.8, 4) is 11.5 Å². The summed E-state index contributed by atoms with van der Waals surface area (Å²) in [4.78, 5) is 37.7. The van der Waals surface area contributed by atoms with Gasteiger partial charge in [0.2, 0.25) is 0 Å². The van der Waals surface area contributed by atoms with E-state index in [9.17, 15) is 19.7 Å². The number of carbonyl (C=O) groups is 2. The van der Waals surface area contributed by atoms with Gasteiger partial charge in [-0.2, -0.15) is 0 Å². The highest BCUT2D eigenvalue weighted by molar-refractivity contribution is 6.04. The molecule has 1 heterocycles. The highest BCUT2D eigenvalue weighted by Gasteiger charge is 2.41. The van der Waals surface area contributed by atoms with Gasteiger partial charge in [-0.1, -0.05) is 18.2 Å². The van der Waals surface area contributed by atoms with E-state index in [1.807, 2.05) is 18.2 Å². The molecule has 2 aromatic carbocycles. The number of hydrogen-bond donors (Lipinski definition) is 1. The van der Waals surface area contributed by atoms with Gasteiger partial charge in [-0.15, -0.1) is 0 Å². The normalized spacial score (nSPS) is 19.0. The molecule has 2 atom stereocenters. The van der Waals surface area contributed by atoms with E-state index in [1.165, 1.54) is 19.2 Å². The number of nitrogens with one attached hydrogen (secondary N) is 1. The standard InChI is InChI=1S/C28H30N2O8/c1-16-25(28(32)38-12-11-35-2)26(17-5-8-20(9-6-17)30(33)34)27-21(29-16)13-19(14-22(27)31)18-7-10-23(36-3)24(15-18)37-4/h5-10,15,19,26,29H,11-14H2,1-4H3/t19-,26+/m0/s1. The minimum absolute atomic E-state index is 0.0559. The van der Waals surface area contributed by atoms with Gasteiger partial charge >= 0.3 is 5.97 Å². The quantitative estimate of drug-likeness (QED) is 0.223. The zero-order valence-corrected chi connectivity index (χ0v) is 21.7. The molecule has 0 radical (unpaired) electrons. The molecule has 0 fully saturated rings. The lowest BCUT2D eigenvalue weighted by atomic mass is 9.71. The molecule has 10 nitrogen and oxygen atoms in total. The summed E-state index contributed by atoms with van der Waals surface area (Å²) in [6, 6.07) is 11.5. The van der Waals surface area contributed by atoms with Gasteiger partial charge in [0.15, 0.2) is 17.3 Å². The number of methoxy groups -OCH3 is 3. The summed E-state index contributed by atoms with van der Waals surface area (Å²) in [5.41, 5.74) is 3.51. The number of esters is 1. The van der Waals surface area contributed by atoms with Crippen LogP contribution < -0.4 is 14.8 Å². The molecule has 10 heteroatoms.